The highest BCUT2D eigenvalue weighted by molar-refractivity contribution is 5.66. The van der Waals surface area contributed by atoms with Crippen LogP contribution in [0.2, 0.25) is 0 Å². The lowest BCUT2D eigenvalue weighted by atomic mass is 10.2. The molecule has 0 aliphatic carbocycles. The molecular formula is C13H19NO5. The van der Waals surface area contributed by atoms with E-state index in [1.54, 1.807) is 0 Å². The van der Waals surface area contributed by atoms with Crippen molar-refractivity contribution in [2.75, 3.05) is 0 Å². The van der Waals surface area contributed by atoms with Gasteiger partial charge in [0.1, 0.15) is 5.75 Å². The Morgan fingerprint density at radius 1 is 1.21 bits per heavy atom. The number of nitro benzene ring substituents is 1. The van der Waals surface area contributed by atoms with Crippen molar-refractivity contribution in [2.24, 2.45) is 0 Å². The quantitative estimate of drug-likeness (QED) is 0.468. The lowest BCUT2D eigenvalue weighted by Gasteiger charge is -1.92. The smallest absolute Gasteiger partial charge is 0.303 e. The molecule has 0 aromatic heterocycles. The Bertz CT molecular complexity index is 389. The first-order valence-electron chi connectivity index (χ1n) is 6.12. The molecule has 2 N–H and O–H groups in total. The largest absolute Gasteiger partial charge is 0.508 e. The minimum atomic E-state index is -0.675. The van der Waals surface area contributed by atoms with Gasteiger partial charge in [-0.05, 0) is 18.6 Å². The molecule has 0 spiro atoms. The molecule has 1 aromatic carbocycles. The molecule has 0 bridgehead atoms. The number of phenolic OH excluding ortho intramolecular Hbond substituents is 1. The van der Waals surface area contributed by atoms with E-state index >= 15 is 0 Å². The summed E-state index contributed by atoms with van der Waals surface area (Å²) in [5, 5.41) is 27.0. The van der Waals surface area contributed by atoms with Crippen molar-refractivity contribution < 1.29 is 19.9 Å². The van der Waals surface area contributed by atoms with Crippen LogP contribution in [0.4, 0.5) is 5.69 Å². The monoisotopic (exact) mass is 269 g/mol. The Hall–Kier alpha value is -2.11. The number of carboxylic acid groups (broad SMARTS) is 1. The summed E-state index contributed by atoms with van der Waals surface area (Å²) in [6.07, 6.45) is 4.55. The fraction of sp³-hybridized carbons (Fsp3) is 0.462. The molecule has 0 amide bonds. The van der Waals surface area contributed by atoms with Crippen molar-refractivity contribution in [1.82, 2.24) is 0 Å². The van der Waals surface area contributed by atoms with Gasteiger partial charge in [-0.15, -0.1) is 0 Å². The number of nitrogens with zero attached hydrogens (tertiary/aromatic N) is 1. The Labute approximate surface area is 111 Å². The fourth-order valence-electron chi connectivity index (χ4n) is 1.28. The molecule has 0 saturated heterocycles. The SMILES string of the molecule is CCCCCCC(=O)O.O=[N+]([O-])c1ccc(O)cc1. The maximum absolute atomic E-state index is 10.0. The summed E-state index contributed by atoms with van der Waals surface area (Å²) in [6.45, 7) is 2.11. The molecule has 6 nitrogen and oxygen atoms in total. The van der Waals surface area contributed by atoms with E-state index in [0.717, 1.165) is 19.3 Å². The zero-order valence-corrected chi connectivity index (χ0v) is 10.9. The predicted molar refractivity (Wildman–Crippen MR) is 71.2 cm³/mol. The standard InChI is InChI=1S/C7H14O2.C6H5NO3/c1-2-3-4-5-6-7(8)9;8-6-3-1-5(2-4-6)7(9)10/h2-6H2,1H3,(H,8,9);1-4,8H. The van der Waals surface area contributed by atoms with Crippen LogP contribution in [0.1, 0.15) is 39.0 Å². The molecule has 0 fully saturated rings. The van der Waals surface area contributed by atoms with Gasteiger partial charge >= 0.3 is 5.97 Å². The molecule has 106 valence electrons. The van der Waals surface area contributed by atoms with Crippen LogP contribution in [0.25, 0.3) is 0 Å². The maximum atomic E-state index is 10.0. The zero-order chi connectivity index (χ0) is 14.7. The van der Waals surface area contributed by atoms with E-state index in [0.29, 0.717) is 6.42 Å². The second-order valence-corrected chi connectivity index (χ2v) is 3.98. The number of carboxylic acids is 1. The fourth-order valence-corrected chi connectivity index (χ4v) is 1.28. The number of unbranched alkanes of at least 4 members (excludes halogenated alkanes) is 3. The summed E-state index contributed by atoms with van der Waals surface area (Å²) >= 11 is 0. The molecule has 0 aliphatic heterocycles. The number of carbonyl (C=O) groups is 1. The summed E-state index contributed by atoms with van der Waals surface area (Å²) in [6, 6.07) is 5.04. The van der Waals surface area contributed by atoms with Crippen LogP contribution in [-0.2, 0) is 4.79 Å². The molecule has 0 aliphatic rings. The molecule has 0 saturated carbocycles. The van der Waals surface area contributed by atoms with Gasteiger partial charge in [-0.25, -0.2) is 0 Å². The second kappa shape index (κ2) is 9.87. The number of non-ortho nitro benzene ring substituents is 1. The summed E-state index contributed by atoms with van der Waals surface area (Å²) in [5.41, 5.74) is -0.0159. The van der Waals surface area contributed by atoms with Gasteiger partial charge in [-0.1, -0.05) is 26.2 Å². The third-order valence-corrected chi connectivity index (χ3v) is 2.30. The first kappa shape index (κ1) is 16.9. The van der Waals surface area contributed by atoms with Crippen molar-refractivity contribution in [2.45, 2.75) is 39.0 Å². The summed E-state index contributed by atoms with van der Waals surface area (Å²) in [4.78, 5) is 19.5. The van der Waals surface area contributed by atoms with Crippen molar-refractivity contribution in [1.29, 1.82) is 0 Å². The van der Waals surface area contributed by atoms with Crippen LogP contribution in [0, 0.1) is 10.1 Å². The Balaban J connectivity index is 0.000000344. The van der Waals surface area contributed by atoms with Crippen molar-refractivity contribution in [3.8, 4) is 5.75 Å². The molecule has 1 rings (SSSR count). The van der Waals surface area contributed by atoms with Gasteiger partial charge in [-0.3, -0.25) is 14.9 Å². The summed E-state index contributed by atoms with van der Waals surface area (Å²) < 4.78 is 0. The molecule has 0 radical (unpaired) electrons. The van der Waals surface area contributed by atoms with Crippen LogP contribution in [0.5, 0.6) is 5.75 Å². The minimum Gasteiger partial charge on any atom is -0.508 e. The molecular weight excluding hydrogens is 250 g/mol. The van der Waals surface area contributed by atoms with Crippen LogP contribution >= 0.6 is 0 Å². The average molecular weight is 269 g/mol. The van der Waals surface area contributed by atoms with Gasteiger partial charge in [-0.2, -0.15) is 0 Å². The topological polar surface area (TPSA) is 101 Å². The number of hydrogen-bond acceptors (Lipinski definition) is 4. The van der Waals surface area contributed by atoms with Crippen LogP contribution in [0.15, 0.2) is 24.3 Å². The van der Waals surface area contributed by atoms with E-state index in [1.807, 2.05) is 0 Å². The lowest BCUT2D eigenvalue weighted by molar-refractivity contribution is -0.384. The number of aromatic hydroxyl groups is 1. The van der Waals surface area contributed by atoms with Gasteiger partial charge < -0.3 is 10.2 Å². The van der Waals surface area contributed by atoms with Crippen molar-refractivity contribution >= 4 is 11.7 Å². The first-order chi connectivity index (χ1) is 8.97. The number of rotatable bonds is 6. The molecule has 0 atom stereocenters. The highest BCUT2D eigenvalue weighted by Crippen LogP contribution is 2.14. The molecule has 0 heterocycles. The van der Waals surface area contributed by atoms with E-state index in [2.05, 4.69) is 6.92 Å². The lowest BCUT2D eigenvalue weighted by Crippen LogP contribution is -1.92. The Morgan fingerprint density at radius 3 is 2.21 bits per heavy atom. The Morgan fingerprint density at radius 2 is 1.79 bits per heavy atom. The number of hydrogen-bond donors (Lipinski definition) is 2. The van der Waals surface area contributed by atoms with E-state index in [4.69, 9.17) is 10.2 Å². The molecule has 1 aromatic rings. The van der Waals surface area contributed by atoms with E-state index in [9.17, 15) is 14.9 Å². The van der Waals surface area contributed by atoms with E-state index in [-0.39, 0.29) is 11.4 Å². The van der Waals surface area contributed by atoms with Gasteiger partial charge in [0.2, 0.25) is 0 Å². The van der Waals surface area contributed by atoms with Gasteiger partial charge in [0, 0.05) is 18.6 Å². The third kappa shape index (κ3) is 9.58. The first-order valence-corrected chi connectivity index (χ1v) is 6.12. The predicted octanol–water partition coefficient (Wildman–Crippen LogP) is 3.34. The van der Waals surface area contributed by atoms with Gasteiger partial charge in [0.05, 0.1) is 4.92 Å². The highest BCUT2D eigenvalue weighted by Gasteiger charge is 2.01. The van der Waals surface area contributed by atoms with Crippen molar-refractivity contribution in [3.63, 3.8) is 0 Å². The van der Waals surface area contributed by atoms with Crippen LogP contribution < -0.4 is 0 Å². The number of aliphatic carboxylic acids is 1. The van der Waals surface area contributed by atoms with Crippen LogP contribution in [-0.4, -0.2) is 21.1 Å². The van der Waals surface area contributed by atoms with Gasteiger partial charge in [0.15, 0.2) is 0 Å². The van der Waals surface area contributed by atoms with Crippen LogP contribution in [0.3, 0.4) is 0 Å². The average Bonchev–Trinajstić information content (AvgIpc) is 2.36. The second-order valence-electron chi connectivity index (χ2n) is 3.98. The van der Waals surface area contributed by atoms with Crippen molar-refractivity contribution in [3.05, 3.63) is 34.4 Å². The minimum absolute atomic E-state index is 0.0159. The summed E-state index contributed by atoms with van der Waals surface area (Å²) in [5.74, 6) is -0.642. The molecule has 19 heavy (non-hydrogen) atoms. The van der Waals surface area contributed by atoms with E-state index < -0.39 is 10.9 Å². The van der Waals surface area contributed by atoms with E-state index in [1.165, 1.54) is 30.7 Å². The molecule has 0 unspecified atom stereocenters. The summed E-state index contributed by atoms with van der Waals surface area (Å²) in [7, 11) is 0. The van der Waals surface area contributed by atoms with Gasteiger partial charge in [0.25, 0.3) is 5.69 Å². The Kier molecular flexibility index (Phi) is 8.78. The molecule has 6 heteroatoms. The zero-order valence-electron chi connectivity index (χ0n) is 10.9. The highest BCUT2D eigenvalue weighted by atomic mass is 16.6. The number of nitro groups is 1. The maximum Gasteiger partial charge on any atom is 0.303 e. The normalized spacial score (nSPS) is 9.32. The number of phenols is 1. The third-order valence-electron chi connectivity index (χ3n) is 2.30. The number of benzene rings is 1.